The molecule has 0 aromatic carbocycles. The zero-order valence-corrected chi connectivity index (χ0v) is 10.5. The van der Waals surface area contributed by atoms with Crippen LogP contribution in [-0.2, 0) is 0 Å². The van der Waals surface area contributed by atoms with Crippen molar-refractivity contribution in [2.75, 3.05) is 31.5 Å². The Morgan fingerprint density at radius 3 is 2.89 bits per heavy atom. The Labute approximate surface area is 111 Å². The van der Waals surface area contributed by atoms with Gasteiger partial charge in [-0.15, -0.1) is 0 Å². The van der Waals surface area contributed by atoms with Crippen molar-refractivity contribution in [2.45, 2.75) is 12.8 Å². The van der Waals surface area contributed by atoms with E-state index >= 15 is 0 Å². The normalized spacial score (nSPS) is 15.1. The lowest BCUT2D eigenvalue weighted by molar-refractivity contribution is -0.385. The number of hydrogen-bond acceptors (Lipinski definition) is 6. The van der Waals surface area contributed by atoms with E-state index in [0.717, 1.165) is 19.6 Å². The van der Waals surface area contributed by atoms with Crippen molar-refractivity contribution in [3.05, 3.63) is 27.9 Å². The molecule has 0 aliphatic carbocycles. The van der Waals surface area contributed by atoms with Crippen LogP contribution in [0.2, 0.25) is 0 Å². The summed E-state index contributed by atoms with van der Waals surface area (Å²) in [6.07, 6.45) is 3.64. The Hall–Kier alpha value is -2.20. The zero-order chi connectivity index (χ0) is 13.7. The number of nitro groups is 1. The Morgan fingerprint density at radius 2 is 2.26 bits per heavy atom. The molecule has 1 fully saturated rings. The van der Waals surface area contributed by atoms with E-state index in [4.69, 9.17) is 5.26 Å². The number of nitriles is 1. The molecule has 1 aromatic heterocycles. The van der Waals surface area contributed by atoms with Gasteiger partial charge in [-0.3, -0.25) is 10.1 Å². The number of aromatic nitrogens is 1. The minimum Gasteiger partial charge on any atom is -0.368 e. The molecule has 19 heavy (non-hydrogen) atoms. The Kier molecular flexibility index (Phi) is 4.26. The maximum Gasteiger partial charge on any atom is 0.289 e. The summed E-state index contributed by atoms with van der Waals surface area (Å²) >= 11 is 0. The first-order chi connectivity index (χ1) is 9.20. The van der Waals surface area contributed by atoms with Gasteiger partial charge in [0.05, 0.1) is 4.92 Å². The second kappa shape index (κ2) is 6.11. The van der Waals surface area contributed by atoms with Crippen LogP contribution in [-0.4, -0.2) is 41.0 Å². The molecule has 2 heterocycles. The van der Waals surface area contributed by atoms with Crippen LogP contribution < -0.4 is 5.32 Å². The Morgan fingerprint density at radius 1 is 1.53 bits per heavy atom. The Bertz CT molecular complexity index is 505. The average Bonchev–Trinajstić information content (AvgIpc) is 2.92. The summed E-state index contributed by atoms with van der Waals surface area (Å²) in [4.78, 5) is 16.3. The van der Waals surface area contributed by atoms with Crippen LogP contribution in [0.5, 0.6) is 0 Å². The van der Waals surface area contributed by atoms with Gasteiger partial charge in [-0.25, -0.2) is 4.98 Å². The maximum atomic E-state index is 10.6. The SMILES string of the molecule is N#Cc1cc([N+](=O)[O-])cnc1NCCN1CCCC1. The van der Waals surface area contributed by atoms with Crippen LogP contribution in [0.1, 0.15) is 18.4 Å². The van der Waals surface area contributed by atoms with Crippen LogP contribution in [0.4, 0.5) is 11.5 Å². The molecule has 0 saturated carbocycles. The van der Waals surface area contributed by atoms with Gasteiger partial charge in [0, 0.05) is 19.2 Å². The summed E-state index contributed by atoms with van der Waals surface area (Å²) in [6.45, 7) is 3.80. The highest BCUT2D eigenvalue weighted by atomic mass is 16.6. The largest absolute Gasteiger partial charge is 0.368 e. The van der Waals surface area contributed by atoms with Crippen molar-refractivity contribution >= 4 is 11.5 Å². The third-order valence-electron chi connectivity index (χ3n) is 3.12. The van der Waals surface area contributed by atoms with Gasteiger partial charge in [0.2, 0.25) is 0 Å². The van der Waals surface area contributed by atoms with Gasteiger partial charge in [-0.05, 0) is 25.9 Å². The molecular formula is C12H15N5O2. The van der Waals surface area contributed by atoms with E-state index < -0.39 is 4.92 Å². The fourth-order valence-electron chi connectivity index (χ4n) is 2.12. The summed E-state index contributed by atoms with van der Waals surface area (Å²) in [5.41, 5.74) is 0.0391. The number of nitrogens with zero attached hydrogens (tertiary/aromatic N) is 4. The van der Waals surface area contributed by atoms with E-state index in [2.05, 4.69) is 15.2 Å². The molecule has 1 saturated heterocycles. The molecule has 0 spiro atoms. The molecule has 0 radical (unpaired) electrons. The van der Waals surface area contributed by atoms with Gasteiger partial charge in [0.25, 0.3) is 5.69 Å². The average molecular weight is 261 g/mol. The molecule has 7 heteroatoms. The van der Waals surface area contributed by atoms with Crippen molar-refractivity contribution in [3.63, 3.8) is 0 Å². The summed E-state index contributed by atoms with van der Waals surface area (Å²) in [6, 6.07) is 3.17. The highest BCUT2D eigenvalue weighted by Gasteiger charge is 2.13. The molecule has 0 bridgehead atoms. The monoisotopic (exact) mass is 261 g/mol. The van der Waals surface area contributed by atoms with Crippen molar-refractivity contribution in [3.8, 4) is 6.07 Å². The second-order valence-corrected chi connectivity index (χ2v) is 4.43. The predicted molar refractivity (Wildman–Crippen MR) is 69.8 cm³/mol. The molecule has 0 unspecified atom stereocenters. The summed E-state index contributed by atoms with van der Waals surface area (Å²) in [5, 5.41) is 22.6. The van der Waals surface area contributed by atoms with Crippen molar-refractivity contribution in [1.29, 1.82) is 5.26 Å². The van der Waals surface area contributed by atoms with Crippen molar-refractivity contribution in [1.82, 2.24) is 9.88 Å². The standard InChI is InChI=1S/C12H15N5O2/c13-8-10-7-11(17(18)19)9-15-12(10)14-3-6-16-4-1-2-5-16/h7,9H,1-6H2,(H,14,15). The van der Waals surface area contributed by atoms with Gasteiger partial charge < -0.3 is 10.2 Å². The van der Waals surface area contributed by atoms with E-state index in [9.17, 15) is 10.1 Å². The van der Waals surface area contributed by atoms with Gasteiger partial charge >= 0.3 is 0 Å². The topological polar surface area (TPSA) is 95.1 Å². The number of pyridine rings is 1. The summed E-state index contributed by atoms with van der Waals surface area (Å²) < 4.78 is 0. The van der Waals surface area contributed by atoms with Crippen LogP contribution in [0.25, 0.3) is 0 Å². The van der Waals surface area contributed by atoms with E-state index in [1.165, 1.54) is 25.1 Å². The van der Waals surface area contributed by atoms with Crippen LogP contribution >= 0.6 is 0 Å². The number of likely N-dealkylation sites (tertiary alicyclic amines) is 1. The van der Waals surface area contributed by atoms with Gasteiger partial charge in [0.15, 0.2) is 0 Å². The number of rotatable bonds is 5. The van der Waals surface area contributed by atoms with E-state index in [-0.39, 0.29) is 11.3 Å². The first kappa shape index (κ1) is 13.2. The molecule has 100 valence electrons. The fraction of sp³-hybridized carbons (Fsp3) is 0.500. The lowest BCUT2D eigenvalue weighted by atomic mass is 10.2. The predicted octanol–water partition coefficient (Wildman–Crippen LogP) is 1.37. The molecule has 0 amide bonds. The van der Waals surface area contributed by atoms with Crippen LogP contribution in [0.3, 0.4) is 0 Å². The van der Waals surface area contributed by atoms with Gasteiger partial charge in [-0.2, -0.15) is 5.26 Å². The van der Waals surface area contributed by atoms with Crippen LogP contribution in [0.15, 0.2) is 12.3 Å². The quantitative estimate of drug-likeness (QED) is 0.635. The van der Waals surface area contributed by atoms with E-state index in [0.29, 0.717) is 12.4 Å². The highest BCUT2D eigenvalue weighted by Crippen LogP contribution is 2.18. The highest BCUT2D eigenvalue weighted by molar-refractivity contribution is 5.55. The van der Waals surface area contributed by atoms with Gasteiger partial charge in [0.1, 0.15) is 23.6 Å². The number of anilines is 1. The van der Waals surface area contributed by atoms with E-state index in [1.54, 1.807) is 0 Å². The lowest BCUT2D eigenvalue weighted by Crippen LogP contribution is -2.26. The molecular weight excluding hydrogens is 246 g/mol. The number of hydrogen-bond donors (Lipinski definition) is 1. The third-order valence-corrected chi connectivity index (χ3v) is 3.12. The lowest BCUT2D eigenvalue weighted by Gasteiger charge is -2.15. The first-order valence-corrected chi connectivity index (χ1v) is 6.21. The fourth-order valence-corrected chi connectivity index (χ4v) is 2.12. The van der Waals surface area contributed by atoms with Gasteiger partial charge in [-0.1, -0.05) is 0 Å². The first-order valence-electron chi connectivity index (χ1n) is 6.21. The minimum atomic E-state index is -0.554. The Balaban J connectivity index is 1.95. The second-order valence-electron chi connectivity index (χ2n) is 4.43. The van der Waals surface area contributed by atoms with Crippen molar-refractivity contribution in [2.24, 2.45) is 0 Å². The summed E-state index contributed by atoms with van der Waals surface area (Å²) in [7, 11) is 0. The molecule has 1 aliphatic rings. The van der Waals surface area contributed by atoms with Crippen molar-refractivity contribution < 1.29 is 4.92 Å². The molecule has 1 aromatic rings. The summed E-state index contributed by atoms with van der Waals surface area (Å²) in [5.74, 6) is 0.410. The van der Waals surface area contributed by atoms with Crippen LogP contribution in [0, 0.1) is 21.4 Å². The molecule has 1 N–H and O–H groups in total. The maximum absolute atomic E-state index is 10.6. The molecule has 0 atom stereocenters. The molecule has 2 rings (SSSR count). The zero-order valence-electron chi connectivity index (χ0n) is 10.5. The molecule has 1 aliphatic heterocycles. The smallest absolute Gasteiger partial charge is 0.289 e. The number of nitrogens with one attached hydrogen (secondary N) is 1. The third kappa shape index (κ3) is 3.39. The minimum absolute atomic E-state index is 0.165. The molecule has 7 nitrogen and oxygen atoms in total. The van der Waals surface area contributed by atoms with E-state index in [1.807, 2.05) is 6.07 Å².